The summed E-state index contributed by atoms with van der Waals surface area (Å²) in [4.78, 5) is 11.1. The molecule has 12 heavy (non-hydrogen) atoms. The molecule has 0 bridgehead atoms. The van der Waals surface area contributed by atoms with E-state index in [0.717, 1.165) is 0 Å². The number of carbonyl (C=O) groups excluding carboxylic acids is 1. The lowest BCUT2D eigenvalue weighted by atomic mass is 10.1. The third kappa shape index (κ3) is 2.25. The molecule has 1 aromatic rings. The van der Waals surface area contributed by atoms with Gasteiger partial charge in [0.05, 0.1) is 5.33 Å². The Morgan fingerprint density at radius 2 is 2.00 bits per heavy atom. The van der Waals surface area contributed by atoms with Gasteiger partial charge < -0.3 is 4.18 Å². The summed E-state index contributed by atoms with van der Waals surface area (Å²) in [5, 5.41) is 0.341. The molecule has 0 unspecified atom stereocenters. The summed E-state index contributed by atoms with van der Waals surface area (Å²) in [5.41, 5.74) is 0.668. The van der Waals surface area contributed by atoms with Gasteiger partial charge in [-0.2, -0.15) is 0 Å². The van der Waals surface area contributed by atoms with Crippen molar-refractivity contribution in [3.05, 3.63) is 29.8 Å². The Bertz CT molecular complexity index is 271. The van der Waals surface area contributed by atoms with E-state index in [2.05, 4.69) is 33.0 Å². The number of Topliss-reactive ketones (excluding diaryl/α,β-unsaturated/α-hetero) is 1. The second-order valence-corrected chi connectivity index (χ2v) is 2.92. The quantitative estimate of drug-likeness (QED) is 0.384. The van der Waals surface area contributed by atoms with Crippen LogP contribution >= 0.6 is 28.8 Å². The fourth-order valence-electron chi connectivity index (χ4n) is 0.779. The highest BCUT2D eigenvalue weighted by molar-refractivity contribution is 9.09. The summed E-state index contributed by atoms with van der Waals surface area (Å²) in [7, 11) is 0. The van der Waals surface area contributed by atoms with Crippen molar-refractivity contribution >= 4 is 34.6 Å². The number of carbonyl (C=O) groups is 1. The number of hydrogen-bond donors (Lipinski definition) is 1. The van der Waals surface area contributed by atoms with Crippen molar-refractivity contribution in [3.63, 3.8) is 0 Å². The van der Waals surface area contributed by atoms with Crippen LogP contribution in [0.1, 0.15) is 10.4 Å². The molecule has 0 radical (unpaired) electrons. The molecule has 0 aromatic heterocycles. The van der Waals surface area contributed by atoms with Gasteiger partial charge in [0.25, 0.3) is 0 Å². The van der Waals surface area contributed by atoms with E-state index in [9.17, 15) is 4.79 Å². The highest BCUT2D eigenvalue weighted by Crippen LogP contribution is 2.13. The van der Waals surface area contributed by atoms with E-state index in [1.54, 1.807) is 24.3 Å². The van der Waals surface area contributed by atoms with Gasteiger partial charge in [0.1, 0.15) is 5.75 Å². The van der Waals surface area contributed by atoms with E-state index >= 15 is 0 Å². The highest BCUT2D eigenvalue weighted by atomic mass is 79.9. The van der Waals surface area contributed by atoms with Crippen molar-refractivity contribution in [2.75, 3.05) is 5.33 Å². The molecule has 0 heterocycles. The molecule has 1 rings (SSSR count). The van der Waals surface area contributed by atoms with Crippen LogP contribution < -0.4 is 4.18 Å². The first-order chi connectivity index (χ1) is 5.77. The molecule has 0 spiro atoms. The Morgan fingerprint density at radius 1 is 1.42 bits per heavy atom. The molecule has 1 aromatic carbocycles. The van der Waals surface area contributed by atoms with Crippen LogP contribution in [-0.4, -0.2) is 11.1 Å². The topological polar surface area (TPSA) is 26.3 Å². The van der Waals surface area contributed by atoms with Crippen molar-refractivity contribution in [2.45, 2.75) is 0 Å². The first-order valence-corrected chi connectivity index (χ1v) is 4.77. The summed E-state index contributed by atoms with van der Waals surface area (Å²) >= 11 is 6.72. The zero-order valence-electron chi connectivity index (χ0n) is 6.16. The third-order valence-corrected chi connectivity index (χ3v) is 2.12. The molecule has 0 saturated carbocycles. The lowest BCUT2D eigenvalue weighted by molar-refractivity contribution is 0.102. The van der Waals surface area contributed by atoms with Gasteiger partial charge in [-0.15, -0.1) is 0 Å². The number of halogens is 1. The molecule has 0 fully saturated rings. The van der Waals surface area contributed by atoms with E-state index in [-0.39, 0.29) is 5.78 Å². The van der Waals surface area contributed by atoms with Gasteiger partial charge in [-0.1, -0.05) is 15.9 Å². The lowest BCUT2D eigenvalue weighted by Crippen LogP contribution is -1.98. The fourth-order valence-corrected chi connectivity index (χ4v) is 1.22. The lowest BCUT2D eigenvalue weighted by Gasteiger charge is -1.98. The summed E-state index contributed by atoms with van der Waals surface area (Å²) in [5.74, 6) is 0.685. The second kappa shape index (κ2) is 4.52. The van der Waals surface area contributed by atoms with Crippen LogP contribution in [0.5, 0.6) is 5.75 Å². The minimum Gasteiger partial charge on any atom is -0.429 e. The van der Waals surface area contributed by atoms with Gasteiger partial charge in [0.15, 0.2) is 5.78 Å². The van der Waals surface area contributed by atoms with Crippen LogP contribution in [0.4, 0.5) is 0 Å². The number of alkyl halides is 1. The first-order valence-electron chi connectivity index (χ1n) is 3.28. The normalized spacial score (nSPS) is 9.50. The molecule has 0 amide bonds. The summed E-state index contributed by atoms with van der Waals surface area (Å²) in [6, 6.07) is 6.80. The van der Waals surface area contributed by atoms with Gasteiger partial charge in [-0.3, -0.25) is 4.79 Å². The van der Waals surface area contributed by atoms with Gasteiger partial charge in [-0.05, 0) is 24.3 Å². The molecule has 4 heteroatoms. The van der Waals surface area contributed by atoms with E-state index in [0.29, 0.717) is 16.6 Å². The highest BCUT2D eigenvalue weighted by Gasteiger charge is 2.02. The van der Waals surface area contributed by atoms with Gasteiger partial charge in [0, 0.05) is 18.5 Å². The monoisotopic (exact) mass is 246 g/mol. The summed E-state index contributed by atoms with van der Waals surface area (Å²) < 4.78 is 4.65. The van der Waals surface area contributed by atoms with Crippen molar-refractivity contribution < 1.29 is 8.98 Å². The van der Waals surface area contributed by atoms with Crippen molar-refractivity contribution in [1.29, 1.82) is 0 Å². The molecule has 0 aliphatic rings. The van der Waals surface area contributed by atoms with E-state index in [1.807, 2.05) is 0 Å². The molecule has 0 N–H and O–H groups in total. The Balaban J connectivity index is 2.84. The van der Waals surface area contributed by atoms with Crippen molar-refractivity contribution in [2.24, 2.45) is 0 Å². The molecular weight excluding hydrogens is 240 g/mol. The predicted molar refractivity (Wildman–Crippen MR) is 54.2 cm³/mol. The Hall–Kier alpha value is -0.480. The predicted octanol–water partition coefficient (Wildman–Crippen LogP) is 2.49. The maximum Gasteiger partial charge on any atom is 0.173 e. The van der Waals surface area contributed by atoms with E-state index in [1.165, 1.54) is 0 Å². The maximum absolute atomic E-state index is 11.1. The van der Waals surface area contributed by atoms with Gasteiger partial charge >= 0.3 is 0 Å². The zero-order chi connectivity index (χ0) is 8.97. The van der Waals surface area contributed by atoms with E-state index < -0.39 is 0 Å². The molecule has 0 atom stereocenters. The minimum atomic E-state index is 0.0562. The molecule has 2 nitrogen and oxygen atoms in total. The Labute approximate surface area is 84.7 Å². The molecule has 0 saturated heterocycles. The van der Waals surface area contributed by atoms with Crippen LogP contribution in [0.25, 0.3) is 0 Å². The molecule has 0 aliphatic heterocycles. The number of hydrogen-bond acceptors (Lipinski definition) is 3. The van der Waals surface area contributed by atoms with E-state index in [4.69, 9.17) is 0 Å². The molecular formula is C8H7BrO2S. The number of thiol groups is 1. The molecule has 64 valence electrons. The Kier molecular flexibility index (Phi) is 3.62. The zero-order valence-corrected chi connectivity index (χ0v) is 8.64. The number of ketones is 1. The number of rotatable bonds is 3. The SMILES string of the molecule is O=C(CBr)c1ccc(OS)cc1. The first kappa shape index (κ1) is 9.61. The van der Waals surface area contributed by atoms with Crippen LogP contribution in [0.15, 0.2) is 24.3 Å². The van der Waals surface area contributed by atoms with Crippen LogP contribution in [-0.2, 0) is 0 Å². The third-order valence-electron chi connectivity index (χ3n) is 1.40. The standard InChI is InChI=1S/C8H7BrO2S/c9-5-8(10)6-1-3-7(11-12)4-2-6/h1-4,12H,5H2. The van der Waals surface area contributed by atoms with Crippen molar-refractivity contribution in [1.82, 2.24) is 0 Å². The average Bonchev–Trinajstić information content (AvgIpc) is 2.17. The van der Waals surface area contributed by atoms with Crippen LogP contribution in [0, 0.1) is 0 Å². The smallest absolute Gasteiger partial charge is 0.173 e. The summed E-state index contributed by atoms with van der Waals surface area (Å²) in [6.45, 7) is 0. The van der Waals surface area contributed by atoms with Gasteiger partial charge in [-0.25, -0.2) is 0 Å². The van der Waals surface area contributed by atoms with Gasteiger partial charge in [0.2, 0.25) is 0 Å². The second-order valence-electron chi connectivity index (χ2n) is 2.17. The van der Waals surface area contributed by atoms with Crippen molar-refractivity contribution in [3.8, 4) is 5.75 Å². The average molecular weight is 247 g/mol. The Morgan fingerprint density at radius 3 is 2.42 bits per heavy atom. The summed E-state index contributed by atoms with van der Waals surface area (Å²) in [6.07, 6.45) is 0. The fraction of sp³-hybridized carbons (Fsp3) is 0.125. The van der Waals surface area contributed by atoms with Crippen LogP contribution in [0.2, 0.25) is 0 Å². The van der Waals surface area contributed by atoms with Crippen LogP contribution in [0.3, 0.4) is 0 Å². The molecule has 0 aliphatic carbocycles. The minimum absolute atomic E-state index is 0.0562. The largest absolute Gasteiger partial charge is 0.429 e. The maximum atomic E-state index is 11.1. The number of benzene rings is 1.